The first kappa shape index (κ1) is 11.2. The molecule has 0 saturated carbocycles. The van der Waals surface area contributed by atoms with Crippen LogP contribution in [-0.4, -0.2) is 32.2 Å². The van der Waals surface area contributed by atoms with Crippen molar-refractivity contribution in [1.82, 2.24) is 14.8 Å². The molecule has 0 radical (unpaired) electrons. The Morgan fingerprint density at radius 1 is 1.25 bits per heavy atom. The van der Waals surface area contributed by atoms with Gasteiger partial charge in [0.2, 0.25) is 0 Å². The van der Waals surface area contributed by atoms with Crippen LogP contribution in [-0.2, 0) is 0 Å². The third-order valence-corrected chi connectivity index (χ3v) is 3.11. The predicted molar refractivity (Wildman–Crippen MR) is 63.8 cm³/mol. The highest BCUT2D eigenvalue weighted by Gasteiger charge is 2.05. The van der Waals surface area contributed by atoms with E-state index in [-0.39, 0.29) is 6.61 Å². The Morgan fingerprint density at radius 3 is 2.81 bits per heavy atom. The van der Waals surface area contributed by atoms with Crippen LogP contribution in [0.4, 0.5) is 0 Å². The minimum absolute atomic E-state index is 0.215. The zero-order valence-corrected chi connectivity index (χ0v) is 9.60. The van der Waals surface area contributed by atoms with Gasteiger partial charge < -0.3 is 5.11 Å². The molecular formula is C11H13N3OS. The molecule has 84 valence electrons. The van der Waals surface area contributed by atoms with Gasteiger partial charge in [0.1, 0.15) is 6.33 Å². The topological polar surface area (TPSA) is 50.9 Å². The summed E-state index contributed by atoms with van der Waals surface area (Å²) >= 11 is 1.60. The van der Waals surface area contributed by atoms with Crippen LogP contribution in [0, 0.1) is 0 Å². The number of nitrogens with zero attached hydrogens (tertiary/aromatic N) is 3. The fourth-order valence-corrected chi connectivity index (χ4v) is 2.17. The van der Waals surface area contributed by atoms with Crippen molar-refractivity contribution in [1.29, 1.82) is 0 Å². The van der Waals surface area contributed by atoms with Gasteiger partial charge in [0, 0.05) is 18.0 Å². The van der Waals surface area contributed by atoms with Crippen LogP contribution < -0.4 is 0 Å². The van der Waals surface area contributed by atoms with E-state index in [0.29, 0.717) is 0 Å². The standard InChI is InChI=1S/C11H13N3OS/c15-7-4-8-16-11-13-12-9-14(11)10-5-2-1-3-6-10/h1-3,5-6,9,15H,4,7-8H2. The van der Waals surface area contributed by atoms with Crippen LogP contribution in [0.25, 0.3) is 5.69 Å². The molecule has 1 aromatic carbocycles. The quantitative estimate of drug-likeness (QED) is 0.633. The summed E-state index contributed by atoms with van der Waals surface area (Å²) < 4.78 is 1.95. The summed E-state index contributed by atoms with van der Waals surface area (Å²) in [7, 11) is 0. The van der Waals surface area contributed by atoms with Crippen molar-refractivity contribution >= 4 is 11.8 Å². The summed E-state index contributed by atoms with van der Waals surface area (Å²) in [6, 6.07) is 9.97. The second-order valence-corrected chi connectivity index (χ2v) is 4.31. The molecule has 0 bridgehead atoms. The molecule has 1 N–H and O–H groups in total. The highest BCUT2D eigenvalue weighted by molar-refractivity contribution is 7.99. The number of aliphatic hydroxyl groups is 1. The minimum atomic E-state index is 0.215. The number of aromatic nitrogens is 3. The Bertz CT molecular complexity index is 430. The predicted octanol–water partition coefficient (Wildman–Crippen LogP) is 1.74. The van der Waals surface area contributed by atoms with E-state index in [9.17, 15) is 0 Å². The zero-order chi connectivity index (χ0) is 11.2. The van der Waals surface area contributed by atoms with Crippen molar-refractivity contribution in [3.05, 3.63) is 36.7 Å². The molecule has 0 aliphatic carbocycles. The Morgan fingerprint density at radius 2 is 2.06 bits per heavy atom. The summed E-state index contributed by atoms with van der Waals surface area (Å²) in [5, 5.41) is 17.6. The average molecular weight is 235 g/mol. The van der Waals surface area contributed by atoms with Gasteiger partial charge in [-0.1, -0.05) is 30.0 Å². The molecule has 2 rings (SSSR count). The lowest BCUT2D eigenvalue weighted by Gasteiger charge is -2.04. The highest BCUT2D eigenvalue weighted by atomic mass is 32.2. The van der Waals surface area contributed by atoms with E-state index in [4.69, 9.17) is 5.11 Å². The van der Waals surface area contributed by atoms with E-state index in [1.54, 1.807) is 18.1 Å². The van der Waals surface area contributed by atoms with Crippen LogP contribution in [0.1, 0.15) is 6.42 Å². The van der Waals surface area contributed by atoms with E-state index in [2.05, 4.69) is 10.2 Å². The van der Waals surface area contributed by atoms with Gasteiger partial charge >= 0.3 is 0 Å². The van der Waals surface area contributed by atoms with Gasteiger partial charge in [0.15, 0.2) is 5.16 Å². The van der Waals surface area contributed by atoms with E-state index >= 15 is 0 Å². The van der Waals surface area contributed by atoms with Gasteiger partial charge in [-0.2, -0.15) is 0 Å². The first-order chi connectivity index (χ1) is 7.92. The third-order valence-electron chi connectivity index (χ3n) is 2.08. The molecule has 5 heteroatoms. The van der Waals surface area contributed by atoms with Crippen molar-refractivity contribution in [3.63, 3.8) is 0 Å². The summed E-state index contributed by atoms with van der Waals surface area (Å²) in [5.74, 6) is 0.849. The van der Waals surface area contributed by atoms with E-state index in [0.717, 1.165) is 23.0 Å². The second-order valence-electron chi connectivity index (χ2n) is 3.24. The molecule has 0 fully saturated rings. The van der Waals surface area contributed by atoms with Gasteiger partial charge in [-0.25, -0.2) is 0 Å². The Kier molecular flexibility index (Phi) is 3.96. The molecule has 4 nitrogen and oxygen atoms in total. The maximum absolute atomic E-state index is 8.73. The lowest BCUT2D eigenvalue weighted by Crippen LogP contribution is -1.95. The summed E-state index contributed by atoms with van der Waals surface area (Å²) in [6.07, 6.45) is 2.48. The van der Waals surface area contributed by atoms with E-state index < -0.39 is 0 Å². The Labute approximate surface area is 98.3 Å². The minimum Gasteiger partial charge on any atom is -0.396 e. The maximum Gasteiger partial charge on any atom is 0.195 e. The van der Waals surface area contributed by atoms with Crippen LogP contribution in [0.5, 0.6) is 0 Å². The van der Waals surface area contributed by atoms with Crippen LogP contribution in [0.2, 0.25) is 0 Å². The lowest BCUT2D eigenvalue weighted by molar-refractivity contribution is 0.296. The Hall–Kier alpha value is -1.33. The SMILES string of the molecule is OCCCSc1nncn1-c1ccccc1. The third kappa shape index (κ3) is 2.62. The molecule has 2 aromatic rings. The zero-order valence-electron chi connectivity index (χ0n) is 8.78. The average Bonchev–Trinajstić information content (AvgIpc) is 2.79. The molecular weight excluding hydrogens is 222 g/mol. The Balaban J connectivity index is 2.13. The molecule has 1 aromatic heterocycles. The normalized spacial score (nSPS) is 10.6. The van der Waals surface area contributed by atoms with Gasteiger partial charge in [-0.15, -0.1) is 10.2 Å². The van der Waals surface area contributed by atoms with Crippen molar-refractivity contribution in [3.8, 4) is 5.69 Å². The van der Waals surface area contributed by atoms with Crippen molar-refractivity contribution in [2.45, 2.75) is 11.6 Å². The highest BCUT2D eigenvalue weighted by Crippen LogP contribution is 2.19. The summed E-state index contributed by atoms with van der Waals surface area (Å²) in [6.45, 7) is 0.215. The molecule has 16 heavy (non-hydrogen) atoms. The summed E-state index contributed by atoms with van der Waals surface area (Å²) in [4.78, 5) is 0. The number of benzene rings is 1. The number of aliphatic hydroxyl groups excluding tert-OH is 1. The van der Waals surface area contributed by atoms with E-state index in [1.807, 2.05) is 34.9 Å². The molecule has 1 heterocycles. The van der Waals surface area contributed by atoms with Crippen molar-refractivity contribution in [2.75, 3.05) is 12.4 Å². The fraction of sp³-hybridized carbons (Fsp3) is 0.273. The largest absolute Gasteiger partial charge is 0.396 e. The van der Waals surface area contributed by atoms with Gasteiger partial charge in [0.25, 0.3) is 0 Å². The van der Waals surface area contributed by atoms with Gasteiger partial charge in [-0.3, -0.25) is 4.57 Å². The van der Waals surface area contributed by atoms with Gasteiger partial charge in [-0.05, 0) is 18.6 Å². The van der Waals surface area contributed by atoms with Crippen molar-refractivity contribution in [2.24, 2.45) is 0 Å². The van der Waals surface area contributed by atoms with Gasteiger partial charge in [0.05, 0.1) is 0 Å². The molecule has 0 amide bonds. The number of thioether (sulfide) groups is 1. The molecule has 0 aliphatic heterocycles. The van der Waals surface area contributed by atoms with Crippen LogP contribution in [0.3, 0.4) is 0 Å². The molecule has 0 saturated heterocycles. The smallest absolute Gasteiger partial charge is 0.195 e. The first-order valence-corrected chi connectivity index (χ1v) is 6.09. The fourth-order valence-electron chi connectivity index (χ4n) is 1.32. The summed E-state index contributed by atoms with van der Waals surface area (Å²) in [5.41, 5.74) is 1.05. The first-order valence-electron chi connectivity index (χ1n) is 5.11. The number of hydrogen-bond acceptors (Lipinski definition) is 4. The van der Waals surface area contributed by atoms with Crippen molar-refractivity contribution < 1.29 is 5.11 Å². The maximum atomic E-state index is 8.73. The van der Waals surface area contributed by atoms with Crippen LogP contribution in [0.15, 0.2) is 41.8 Å². The number of para-hydroxylation sites is 1. The number of hydrogen-bond donors (Lipinski definition) is 1. The molecule has 0 aliphatic rings. The van der Waals surface area contributed by atoms with Crippen LogP contribution >= 0.6 is 11.8 Å². The second kappa shape index (κ2) is 5.67. The number of rotatable bonds is 5. The molecule has 0 spiro atoms. The monoisotopic (exact) mass is 235 g/mol. The molecule has 0 atom stereocenters. The van der Waals surface area contributed by atoms with E-state index in [1.165, 1.54) is 0 Å². The molecule has 0 unspecified atom stereocenters. The lowest BCUT2D eigenvalue weighted by atomic mass is 10.3.